The lowest BCUT2D eigenvalue weighted by Crippen LogP contribution is -1.86. The highest BCUT2D eigenvalue weighted by Crippen LogP contribution is 2.26. The first-order chi connectivity index (χ1) is 9.24. The van der Waals surface area contributed by atoms with Gasteiger partial charge in [0.1, 0.15) is 0 Å². The molecule has 2 aromatic carbocycles. The van der Waals surface area contributed by atoms with Crippen LogP contribution in [-0.4, -0.2) is 24.7 Å². The van der Waals surface area contributed by atoms with Crippen molar-refractivity contribution >= 4 is 18.2 Å². The molecule has 0 bridgehead atoms. The first kappa shape index (κ1) is 12.8. The van der Waals surface area contributed by atoms with Crippen molar-refractivity contribution in [3.05, 3.63) is 53.6 Å². The number of aliphatic imine (C=N–C) groups is 1. The third kappa shape index (κ3) is 2.98. The van der Waals surface area contributed by atoms with E-state index in [4.69, 9.17) is 4.74 Å². The molecule has 0 atom stereocenters. The summed E-state index contributed by atoms with van der Waals surface area (Å²) in [5.74, 6) is 0.459. The molecule has 0 radical (unpaired) electrons. The topological polar surface area (TPSA) is 58.9 Å². The first-order valence-electron chi connectivity index (χ1n) is 5.70. The minimum Gasteiger partial charge on any atom is -0.504 e. The molecule has 0 aliphatic carbocycles. The average molecular weight is 255 g/mol. The Bertz CT molecular complexity index is 621. The number of hydrogen-bond donors (Lipinski definition) is 1. The predicted octanol–water partition coefficient (Wildman–Crippen LogP) is 2.96. The van der Waals surface area contributed by atoms with Gasteiger partial charge in [-0.2, -0.15) is 0 Å². The number of methoxy groups -OCH3 is 1. The normalized spacial score (nSPS) is 10.6. The molecule has 0 saturated heterocycles. The van der Waals surface area contributed by atoms with Gasteiger partial charge in [0.05, 0.1) is 12.8 Å². The zero-order valence-electron chi connectivity index (χ0n) is 10.4. The summed E-state index contributed by atoms with van der Waals surface area (Å²) in [6, 6.07) is 12.0. The van der Waals surface area contributed by atoms with Gasteiger partial charge in [-0.05, 0) is 35.9 Å². The number of ether oxygens (including phenoxy) is 1. The minimum absolute atomic E-state index is 0.0510. The average Bonchev–Trinajstić information content (AvgIpc) is 2.45. The highest BCUT2D eigenvalue weighted by Gasteiger charge is 2.01. The summed E-state index contributed by atoms with van der Waals surface area (Å²) < 4.78 is 4.96. The van der Waals surface area contributed by atoms with Crippen LogP contribution < -0.4 is 4.74 Å². The van der Waals surface area contributed by atoms with Crippen LogP contribution in [0.15, 0.2) is 47.5 Å². The molecular formula is C15H13NO3. The highest BCUT2D eigenvalue weighted by atomic mass is 16.5. The number of hydrogen-bond acceptors (Lipinski definition) is 4. The number of nitrogens with zero attached hydrogens (tertiary/aromatic N) is 1. The van der Waals surface area contributed by atoms with Crippen molar-refractivity contribution < 1.29 is 14.6 Å². The number of phenols is 1. The molecule has 0 aliphatic rings. The lowest BCUT2D eigenvalue weighted by atomic mass is 10.2. The maximum atomic E-state index is 10.8. The van der Waals surface area contributed by atoms with Crippen LogP contribution in [0.4, 0.5) is 5.69 Å². The van der Waals surface area contributed by atoms with E-state index in [0.717, 1.165) is 11.8 Å². The number of para-hydroxylation sites is 1. The van der Waals surface area contributed by atoms with Gasteiger partial charge >= 0.3 is 0 Å². The van der Waals surface area contributed by atoms with E-state index in [1.807, 2.05) is 6.07 Å². The molecule has 0 spiro atoms. The van der Waals surface area contributed by atoms with Crippen LogP contribution in [0.5, 0.6) is 11.5 Å². The second-order valence-corrected chi connectivity index (χ2v) is 3.87. The second-order valence-electron chi connectivity index (χ2n) is 3.87. The van der Waals surface area contributed by atoms with E-state index in [-0.39, 0.29) is 5.75 Å². The van der Waals surface area contributed by atoms with Gasteiger partial charge < -0.3 is 9.84 Å². The van der Waals surface area contributed by atoms with Gasteiger partial charge in [-0.15, -0.1) is 0 Å². The second kappa shape index (κ2) is 5.82. The van der Waals surface area contributed by atoms with Crippen LogP contribution in [-0.2, 0) is 0 Å². The van der Waals surface area contributed by atoms with Crippen molar-refractivity contribution in [1.82, 2.24) is 0 Å². The summed E-state index contributed by atoms with van der Waals surface area (Å²) >= 11 is 0. The van der Waals surface area contributed by atoms with E-state index in [0.29, 0.717) is 17.0 Å². The van der Waals surface area contributed by atoms with Crippen molar-refractivity contribution in [2.24, 2.45) is 4.99 Å². The summed E-state index contributed by atoms with van der Waals surface area (Å²) in [5.41, 5.74) is 1.84. The molecule has 1 N–H and O–H groups in total. The highest BCUT2D eigenvalue weighted by molar-refractivity contribution is 5.88. The van der Waals surface area contributed by atoms with Gasteiger partial charge in [-0.3, -0.25) is 9.79 Å². The van der Waals surface area contributed by atoms with E-state index in [2.05, 4.69) is 4.99 Å². The molecule has 4 heteroatoms. The maximum Gasteiger partial charge on any atom is 0.160 e. The van der Waals surface area contributed by atoms with Crippen LogP contribution in [0.1, 0.15) is 15.9 Å². The largest absolute Gasteiger partial charge is 0.504 e. The molecule has 0 aromatic heterocycles. The Labute approximate surface area is 111 Å². The van der Waals surface area contributed by atoms with Crippen LogP contribution in [0.3, 0.4) is 0 Å². The van der Waals surface area contributed by atoms with Gasteiger partial charge in [-0.1, -0.05) is 12.1 Å². The van der Waals surface area contributed by atoms with Crippen LogP contribution >= 0.6 is 0 Å². The Morgan fingerprint density at radius 2 is 2.00 bits per heavy atom. The third-order valence-corrected chi connectivity index (χ3v) is 2.62. The Hall–Kier alpha value is -2.62. The van der Waals surface area contributed by atoms with E-state index < -0.39 is 0 Å². The Morgan fingerprint density at radius 3 is 2.68 bits per heavy atom. The summed E-state index contributed by atoms with van der Waals surface area (Å²) in [4.78, 5) is 15.1. The zero-order valence-corrected chi connectivity index (χ0v) is 10.4. The van der Waals surface area contributed by atoms with Crippen molar-refractivity contribution in [2.45, 2.75) is 0 Å². The van der Waals surface area contributed by atoms with E-state index in [1.54, 1.807) is 42.6 Å². The molecule has 4 nitrogen and oxygen atoms in total. The summed E-state index contributed by atoms with van der Waals surface area (Å²) in [5, 5.41) is 9.65. The molecule has 2 rings (SSSR count). The molecule has 0 heterocycles. The number of rotatable bonds is 4. The monoisotopic (exact) mass is 255 g/mol. The van der Waals surface area contributed by atoms with Gasteiger partial charge in [0.15, 0.2) is 17.8 Å². The van der Waals surface area contributed by atoms with E-state index in [1.165, 1.54) is 7.11 Å². The Morgan fingerprint density at radius 1 is 1.21 bits per heavy atom. The number of benzene rings is 2. The molecule has 2 aromatic rings. The fourth-order valence-electron chi connectivity index (χ4n) is 1.64. The third-order valence-electron chi connectivity index (χ3n) is 2.62. The zero-order chi connectivity index (χ0) is 13.7. The maximum absolute atomic E-state index is 10.8. The quantitative estimate of drug-likeness (QED) is 0.675. The van der Waals surface area contributed by atoms with Crippen molar-refractivity contribution in [2.75, 3.05) is 7.11 Å². The van der Waals surface area contributed by atoms with E-state index in [9.17, 15) is 9.90 Å². The molecule has 0 amide bonds. The molecule has 0 saturated carbocycles. The lowest BCUT2D eigenvalue weighted by Gasteiger charge is -2.03. The smallest absolute Gasteiger partial charge is 0.160 e. The Kier molecular flexibility index (Phi) is 3.93. The first-order valence-corrected chi connectivity index (χ1v) is 5.70. The summed E-state index contributed by atoms with van der Waals surface area (Å²) in [7, 11) is 1.49. The summed E-state index contributed by atoms with van der Waals surface area (Å²) in [6.07, 6.45) is 2.35. The van der Waals surface area contributed by atoms with Crippen LogP contribution in [0.2, 0.25) is 0 Å². The number of aromatic hydroxyl groups is 1. The van der Waals surface area contributed by atoms with Crippen LogP contribution in [0, 0.1) is 0 Å². The fraction of sp³-hybridized carbons (Fsp3) is 0.0667. The number of carbonyl (C=O) groups is 1. The van der Waals surface area contributed by atoms with Gasteiger partial charge in [-0.25, -0.2) is 0 Å². The lowest BCUT2D eigenvalue weighted by molar-refractivity contribution is 0.112. The standard InChI is InChI=1S/C15H13NO3/c1-19-15-7-6-11(8-14(15)18)9-16-13-5-3-2-4-12(13)10-17/h2-10,18H,1H3. The minimum atomic E-state index is 0.0510. The number of aldehydes is 1. The van der Waals surface area contributed by atoms with Gasteiger partial charge in [0.2, 0.25) is 0 Å². The van der Waals surface area contributed by atoms with E-state index >= 15 is 0 Å². The summed E-state index contributed by atoms with van der Waals surface area (Å²) in [6.45, 7) is 0. The molecule has 96 valence electrons. The molecule has 0 aliphatic heterocycles. The van der Waals surface area contributed by atoms with Gasteiger partial charge in [0, 0.05) is 11.8 Å². The predicted molar refractivity (Wildman–Crippen MR) is 73.7 cm³/mol. The SMILES string of the molecule is COc1ccc(C=Nc2ccccc2C=O)cc1O. The molecule has 0 fully saturated rings. The molecule has 0 unspecified atom stereocenters. The van der Waals surface area contributed by atoms with Gasteiger partial charge in [0.25, 0.3) is 0 Å². The number of carbonyl (C=O) groups excluding carboxylic acids is 1. The molecule has 19 heavy (non-hydrogen) atoms. The Balaban J connectivity index is 2.27. The van der Waals surface area contributed by atoms with Crippen LogP contribution in [0.25, 0.3) is 0 Å². The fourth-order valence-corrected chi connectivity index (χ4v) is 1.64. The van der Waals surface area contributed by atoms with Crippen molar-refractivity contribution in [3.63, 3.8) is 0 Å². The van der Waals surface area contributed by atoms with Crippen molar-refractivity contribution in [3.8, 4) is 11.5 Å². The van der Waals surface area contributed by atoms with Crippen molar-refractivity contribution in [1.29, 1.82) is 0 Å². The number of phenolic OH excluding ortho intramolecular Hbond substituents is 1. The molecular weight excluding hydrogens is 242 g/mol.